The van der Waals surface area contributed by atoms with Gasteiger partial charge in [-0.25, -0.2) is 4.79 Å². The minimum Gasteiger partial charge on any atom is -0.480 e. The van der Waals surface area contributed by atoms with Crippen molar-refractivity contribution in [3.8, 4) is 5.75 Å². The van der Waals surface area contributed by atoms with Crippen LogP contribution >= 0.6 is 11.6 Å². The first-order valence-electron chi connectivity index (χ1n) is 7.17. The van der Waals surface area contributed by atoms with Gasteiger partial charge in [-0.1, -0.05) is 11.6 Å². The SMILES string of the molecule is CC(C)(C)n1cc(C(=O)Nc2ccc(OCC(=O)O)c(Cl)c2)cn1. The van der Waals surface area contributed by atoms with E-state index in [1.54, 1.807) is 16.9 Å². The minimum atomic E-state index is -1.10. The number of aliphatic carboxylic acids is 1. The molecule has 0 aliphatic carbocycles. The van der Waals surface area contributed by atoms with Crippen LogP contribution in [0.3, 0.4) is 0 Å². The third-order valence-electron chi connectivity index (χ3n) is 3.07. The number of carboxylic acid groups (broad SMARTS) is 1. The lowest BCUT2D eigenvalue weighted by molar-refractivity contribution is -0.139. The van der Waals surface area contributed by atoms with E-state index in [0.717, 1.165) is 0 Å². The third kappa shape index (κ3) is 4.48. The number of hydrogen-bond acceptors (Lipinski definition) is 4. The maximum absolute atomic E-state index is 12.2. The normalized spacial score (nSPS) is 11.2. The van der Waals surface area contributed by atoms with Gasteiger partial charge in [-0.2, -0.15) is 5.10 Å². The largest absolute Gasteiger partial charge is 0.480 e. The van der Waals surface area contributed by atoms with E-state index in [1.165, 1.54) is 18.3 Å². The molecule has 0 spiro atoms. The number of amides is 1. The average molecular weight is 352 g/mol. The molecule has 0 unspecified atom stereocenters. The molecule has 0 radical (unpaired) electrons. The number of anilines is 1. The Balaban J connectivity index is 2.08. The zero-order valence-corrected chi connectivity index (χ0v) is 14.3. The molecule has 0 aliphatic heterocycles. The molecule has 128 valence electrons. The summed E-state index contributed by atoms with van der Waals surface area (Å²) in [5, 5.41) is 15.7. The van der Waals surface area contributed by atoms with Crippen molar-refractivity contribution in [1.29, 1.82) is 0 Å². The fourth-order valence-electron chi connectivity index (χ4n) is 1.85. The number of carboxylic acids is 1. The molecule has 0 atom stereocenters. The maximum Gasteiger partial charge on any atom is 0.341 e. The molecule has 0 aliphatic rings. The highest BCUT2D eigenvalue weighted by molar-refractivity contribution is 6.32. The first-order valence-corrected chi connectivity index (χ1v) is 7.55. The summed E-state index contributed by atoms with van der Waals surface area (Å²) >= 11 is 6.02. The highest BCUT2D eigenvalue weighted by Gasteiger charge is 2.17. The average Bonchev–Trinajstić information content (AvgIpc) is 2.96. The van der Waals surface area contributed by atoms with E-state index in [2.05, 4.69) is 10.4 Å². The fraction of sp³-hybridized carbons (Fsp3) is 0.312. The first kappa shape index (κ1) is 17.8. The van der Waals surface area contributed by atoms with Crippen LogP contribution in [0.4, 0.5) is 5.69 Å². The van der Waals surface area contributed by atoms with E-state index in [-0.39, 0.29) is 22.2 Å². The van der Waals surface area contributed by atoms with Crippen molar-refractivity contribution in [2.45, 2.75) is 26.3 Å². The van der Waals surface area contributed by atoms with Gasteiger partial charge in [0.1, 0.15) is 5.75 Å². The van der Waals surface area contributed by atoms with Crippen LogP contribution in [0, 0.1) is 0 Å². The summed E-state index contributed by atoms with van der Waals surface area (Å²) < 4.78 is 6.73. The number of rotatable bonds is 5. The standard InChI is InChI=1S/C16H18ClN3O4/c1-16(2,3)20-8-10(7-18-20)15(23)19-11-4-5-13(12(17)6-11)24-9-14(21)22/h4-8H,9H2,1-3H3,(H,19,23)(H,21,22). The smallest absolute Gasteiger partial charge is 0.341 e. The van der Waals surface area contributed by atoms with Crippen molar-refractivity contribution >= 4 is 29.2 Å². The molecule has 1 aromatic heterocycles. The highest BCUT2D eigenvalue weighted by Crippen LogP contribution is 2.28. The predicted molar refractivity (Wildman–Crippen MR) is 89.8 cm³/mol. The van der Waals surface area contributed by atoms with Crippen LogP contribution in [-0.2, 0) is 10.3 Å². The number of nitrogens with one attached hydrogen (secondary N) is 1. The summed E-state index contributed by atoms with van der Waals surface area (Å²) in [4.78, 5) is 22.7. The number of halogens is 1. The second kappa shape index (κ2) is 6.92. The van der Waals surface area contributed by atoms with Gasteiger partial charge in [0.25, 0.3) is 5.91 Å². The monoisotopic (exact) mass is 351 g/mol. The molecule has 2 N–H and O–H groups in total. The lowest BCUT2D eigenvalue weighted by atomic mass is 10.1. The molecule has 1 heterocycles. The summed E-state index contributed by atoms with van der Waals surface area (Å²) in [5.41, 5.74) is 0.675. The molecule has 0 saturated heterocycles. The zero-order chi connectivity index (χ0) is 17.9. The van der Waals surface area contributed by atoms with Crippen molar-refractivity contribution < 1.29 is 19.4 Å². The number of nitrogens with zero attached hydrogens (tertiary/aromatic N) is 2. The molecule has 0 bridgehead atoms. The predicted octanol–water partition coefficient (Wildman–Crippen LogP) is 3.01. The van der Waals surface area contributed by atoms with Crippen LogP contribution in [0.5, 0.6) is 5.75 Å². The molecule has 1 aromatic carbocycles. The Morgan fingerprint density at radius 2 is 2.08 bits per heavy atom. The third-order valence-corrected chi connectivity index (χ3v) is 3.37. The van der Waals surface area contributed by atoms with E-state index < -0.39 is 12.6 Å². The number of carbonyl (C=O) groups excluding carboxylic acids is 1. The quantitative estimate of drug-likeness (QED) is 0.863. The number of ether oxygens (including phenoxy) is 1. The van der Waals surface area contributed by atoms with Gasteiger partial charge < -0.3 is 15.2 Å². The van der Waals surface area contributed by atoms with Crippen molar-refractivity contribution in [2.75, 3.05) is 11.9 Å². The summed E-state index contributed by atoms with van der Waals surface area (Å²) in [7, 11) is 0. The summed E-state index contributed by atoms with van der Waals surface area (Å²) in [6.07, 6.45) is 3.16. The second-order valence-electron chi connectivity index (χ2n) is 6.13. The molecule has 0 fully saturated rings. The van der Waals surface area contributed by atoms with Crippen LogP contribution in [-0.4, -0.2) is 33.4 Å². The summed E-state index contributed by atoms with van der Waals surface area (Å²) in [6, 6.07) is 4.57. The van der Waals surface area contributed by atoms with Gasteiger partial charge >= 0.3 is 5.97 Å². The Labute approximate surface area is 144 Å². The fourth-order valence-corrected chi connectivity index (χ4v) is 2.08. The van der Waals surface area contributed by atoms with E-state index in [0.29, 0.717) is 11.3 Å². The number of carbonyl (C=O) groups is 2. The number of hydrogen-bond donors (Lipinski definition) is 2. The van der Waals surface area contributed by atoms with Crippen LogP contribution in [0.25, 0.3) is 0 Å². The van der Waals surface area contributed by atoms with Gasteiger partial charge in [0.05, 0.1) is 22.3 Å². The van der Waals surface area contributed by atoms with Crippen molar-refractivity contribution in [3.05, 3.63) is 41.2 Å². The first-order chi connectivity index (χ1) is 11.2. The number of benzene rings is 1. The molecular weight excluding hydrogens is 334 g/mol. The van der Waals surface area contributed by atoms with Gasteiger partial charge in [0.15, 0.2) is 6.61 Å². The Kier molecular flexibility index (Phi) is 5.14. The minimum absolute atomic E-state index is 0.208. The van der Waals surface area contributed by atoms with Crippen LogP contribution < -0.4 is 10.1 Å². The molecule has 1 amide bonds. The molecule has 0 saturated carbocycles. The van der Waals surface area contributed by atoms with E-state index in [9.17, 15) is 9.59 Å². The summed E-state index contributed by atoms with van der Waals surface area (Å²) in [6.45, 7) is 5.46. The van der Waals surface area contributed by atoms with Crippen LogP contribution in [0.1, 0.15) is 31.1 Å². The van der Waals surface area contributed by atoms with Crippen molar-refractivity contribution in [2.24, 2.45) is 0 Å². The molecule has 7 nitrogen and oxygen atoms in total. The van der Waals surface area contributed by atoms with E-state index in [1.807, 2.05) is 20.8 Å². The van der Waals surface area contributed by atoms with Gasteiger partial charge in [-0.15, -0.1) is 0 Å². The Morgan fingerprint density at radius 3 is 2.62 bits per heavy atom. The van der Waals surface area contributed by atoms with Crippen molar-refractivity contribution in [3.63, 3.8) is 0 Å². The topological polar surface area (TPSA) is 93.5 Å². The van der Waals surface area contributed by atoms with Gasteiger partial charge in [0, 0.05) is 11.9 Å². The second-order valence-corrected chi connectivity index (χ2v) is 6.53. The number of aromatic nitrogens is 2. The van der Waals surface area contributed by atoms with Crippen LogP contribution in [0.2, 0.25) is 5.02 Å². The van der Waals surface area contributed by atoms with Crippen molar-refractivity contribution in [1.82, 2.24) is 9.78 Å². The van der Waals surface area contributed by atoms with Gasteiger partial charge in [0.2, 0.25) is 0 Å². The maximum atomic E-state index is 12.2. The Hall–Kier alpha value is -2.54. The molecule has 8 heteroatoms. The molecular formula is C16H18ClN3O4. The Bertz CT molecular complexity index is 765. The van der Waals surface area contributed by atoms with E-state index >= 15 is 0 Å². The lowest BCUT2D eigenvalue weighted by Crippen LogP contribution is -2.22. The van der Waals surface area contributed by atoms with E-state index in [4.69, 9.17) is 21.4 Å². The van der Waals surface area contributed by atoms with Crippen LogP contribution in [0.15, 0.2) is 30.6 Å². The zero-order valence-electron chi connectivity index (χ0n) is 13.5. The van der Waals surface area contributed by atoms with Gasteiger partial charge in [-0.3, -0.25) is 9.48 Å². The molecule has 24 heavy (non-hydrogen) atoms. The molecule has 2 aromatic rings. The summed E-state index contributed by atoms with van der Waals surface area (Å²) in [5.74, 6) is -1.18. The molecule has 2 rings (SSSR count). The van der Waals surface area contributed by atoms with Gasteiger partial charge in [-0.05, 0) is 39.0 Å². The lowest BCUT2D eigenvalue weighted by Gasteiger charge is -2.18. The Morgan fingerprint density at radius 1 is 1.38 bits per heavy atom. The highest BCUT2D eigenvalue weighted by atomic mass is 35.5.